The van der Waals surface area contributed by atoms with Gasteiger partial charge in [0.05, 0.1) is 41.4 Å². The Labute approximate surface area is 307 Å². The molecule has 0 saturated heterocycles. The summed E-state index contributed by atoms with van der Waals surface area (Å²) in [6.07, 6.45) is -11.6. The fraction of sp³-hybridized carbons (Fsp3) is 0.333. The minimum absolute atomic E-state index is 0.0160. The number of benzene rings is 4. The Bertz CT molecular complexity index is 1920. The van der Waals surface area contributed by atoms with Crippen molar-refractivity contribution in [3.05, 3.63) is 119 Å². The molecule has 0 fully saturated rings. The van der Waals surface area contributed by atoms with E-state index in [1.165, 1.54) is 35.2 Å². The van der Waals surface area contributed by atoms with E-state index in [4.69, 9.17) is 9.47 Å². The van der Waals surface area contributed by atoms with Gasteiger partial charge in [-0.3, -0.25) is 14.5 Å². The average Bonchev–Trinajstić information content (AvgIpc) is 3.10. The Morgan fingerprint density at radius 2 is 1.61 bits per heavy atom. The molecule has 2 N–H and O–H groups in total. The molecule has 0 saturated carbocycles. The van der Waals surface area contributed by atoms with Gasteiger partial charge in [0.1, 0.15) is 11.9 Å². The number of fused-ring (bicyclic) bond motifs is 1. The second-order valence-corrected chi connectivity index (χ2v) is 13.3. The zero-order valence-electron chi connectivity index (χ0n) is 29.5. The molecule has 54 heavy (non-hydrogen) atoms. The lowest BCUT2D eigenvalue weighted by atomic mass is 9.98. The van der Waals surface area contributed by atoms with Crippen LogP contribution in [0.4, 0.5) is 36.4 Å². The van der Waals surface area contributed by atoms with Crippen molar-refractivity contribution in [3.8, 4) is 17.2 Å². The Balaban J connectivity index is 1.38. The number of nitrogens with zero attached hydrogens (tertiary/aromatic N) is 2. The first-order chi connectivity index (χ1) is 25.4. The lowest BCUT2D eigenvalue weighted by molar-refractivity contribution is -0.143. The van der Waals surface area contributed by atoms with Crippen molar-refractivity contribution in [2.45, 2.75) is 51.3 Å². The number of carbonyl (C=O) groups excluding carboxylic acids is 2. The fourth-order valence-corrected chi connectivity index (χ4v) is 6.06. The number of para-hydroxylation sites is 2. The number of likely N-dealkylation sites (N-methyl/N-ethyl adjacent to an activating group) is 1. The first-order valence-electron chi connectivity index (χ1n) is 16.9. The zero-order chi connectivity index (χ0) is 39.4. The fourth-order valence-electron chi connectivity index (χ4n) is 6.06. The van der Waals surface area contributed by atoms with Gasteiger partial charge in [0.25, 0.3) is 5.91 Å². The predicted molar refractivity (Wildman–Crippen MR) is 186 cm³/mol. The molecule has 0 spiro atoms. The van der Waals surface area contributed by atoms with E-state index in [0.717, 1.165) is 5.56 Å². The van der Waals surface area contributed by atoms with E-state index in [9.17, 15) is 45.4 Å². The molecule has 288 valence electrons. The Morgan fingerprint density at radius 1 is 0.963 bits per heavy atom. The molecule has 4 aromatic rings. The molecule has 0 radical (unpaired) electrons. The lowest BCUT2D eigenvalue weighted by Crippen LogP contribution is -2.49. The highest BCUT2D eigenvalue weighted by atomic mass is 19.4. The Hall–Kier alpha value is -5.15. The van der Waals surface area contributed by atoms with Gasteiger partial charge >= 0.3 is 12.4 Å². The van der Waals surface area contributed by atoms with Gasteiger partial charge in [0, 0.05) is 25.6 Å². The van der Waals surface area contributed by atoms with Gasteiger partial charge < -0.3 is 24.8 Å². The van der Waals surface area contributed by atoms with Crippen LogP contribution in [0.2, 0.25) is 0 Å². The van der Waals surface area contributed by atoms with Crippen molar-refractivity contribution in [2.24, 2.45) is 5.92 Å². The summed E-state index contributed by atoms with van der Waals surface area (Å²) in [6.45, 7) is 4.12. The number of aliphatic hydroxyl groups is 1. The van der Waals surface area contributed by atoms with Crippen LogP contribution in [0.3, 0.4) is 0 Å². The number of ether oxygens (including phenoxy) is 2. The molecule has 1 aliphatic heterocycles. The predicted octanol–water partition coefficient (Wildman–Crippen LogP) is 8.19. The molecule has 3 atom stereocenters. The highest BCUT2D eigenvalue weighted by Crippen LogP contribution is 2.38. The molecule has 1 aliphatic rings. The van der Waals surface area contributed by atoms with Gasteiger partial charge in [0.15, 0.2) is 17.3 Å². The number of anilines is 1. The van der Waals surface area contributed by atoms with Crippen LogP contribution in [0.25, 0.3) is 0 Å². The smallest absolute Gasteiger partial charge is 0.416 e. The van der Waals surface area contributed by atoms with Crippen LogP contribution < -0.4 is 14.8 Å². The van der Waals surface area contributed by atoms with Gasteiger partial charge in [-0.2, -0.15) is 26.3 Å². The van der Waals surface area contributed by atoms with Crippen LogP contribution in [0.5, 0.6) is 17.2 Å². The van der Waals surface area contributed by atoms with Crippen molar-refractivity contribution in [2.75, 3.05) is 32.1 Å². The van der Waals surface area contributed by atoms with Gasteiger partial charge in [-0.1, -0.05) is 37.3 Å². The minimum Gasteiger partial charge on any atom is -0.486 e. The number of hydrogen-bond donors (Lipinski definition) is 2. The third kappa shape index (κ3) is 9.88. The maximum absolute atomic E-state index is 14.0. The van der Waals surface area contributed by atoms with Gasteiger partial charge in [0.2, 0.25) is 5.91 Å². The second-order valence-electron chi connectivity index (χ2n) is 13.3. The number of alkyl halides is 6. The van der Waals surface area contributed by atoms with E-state index in [0.29, 0.717) is 31.0 Å². The molecule has 5 rings (SSSR count). The minimum atomic E-state index is -5.09. The normalized spacial score (nSPS) is 17.0. The van der Waals surface area contributed by atoms with E-state index >= 15 is 0 Å². The zero-order valence-corrected chi connectivity index (χ0v) is 29.5. The van der Waals surface area contributed by atoms with Crippen molar-refractivity contribution < 1.29 is 54.9 Å². The maximum atomic E-state index is 14.0. The quantitative estimate of drug-likeness (QED) is 0.150. The monoisotopic (exact) mass is 761 g/mol. The van der Waals surface area contributed by atoms with Crippen molar-refractivity contribution >= 4 is 17.5 Å². The number of rotatable bonds is 11. The SMILES string of the molecule is CC(CO)N1C[C@@H](C)[C@@H](CN(C)Cc2ccc(Oc3ccccc3F)cc2)Oc2c(NC(=O)Cc3cc(C(F)(F)F)cc(C(F)(F)F)c3)cccc2C1=O. The first-order valence-corrected chi connectivity index (χ1v) is 16.9. The summed E-state index contributed by atoms with van der Waals surface area (Å²) in [5.41, 5.74) is -2.71. The molecular formula is C39H38F7N3O5. The number of aliphatic hydroxyl groups excluding tert-OH is 1. The third-order valence-corrected chi connectivity index (χ3v) is 8.91. The van der Waals surface area contributed by atoms with Crippen LogP contribution in [-0.2, 0) is 30.1 Å². The van der Waals surface area contributed by atoms with Crippen molar-refractivity contribution in [3.63, 3.8) is 0 Å². The summed E-state index contributed by atoms with van der Waals surface area (Å²) < 4.78 is 107. The first kappa shape index (κ1) is 40.0. The molecule has 8 nitrogen and oxygen atoms in total. The number of nitrogens with one attached hydrogen (secondary N) is 1. The summed E-state index contributed by atoms with van der Waals surface area (Å²) in [6, 6.07) is 17.8. The van der Waals surface area contributed by atoms with Gasteiger partial charge in [-0.25, -0.2) is 4.39 Å². The third-order valence-electron chi connectivity index (χ3n) is 8.91. The summed E-state index contributed by atoms with van der Waals surface area (Å²) in [7, 11) is 1.84. The average molecular weight is 762 g/mol. The van der Waals surface area contributed by atoms with Crippen molar-refractivity contribution in [1.82, 2.24) is 9.80 Å². The standard InChI is InChI=1S/C39H38F7N3O5/c1-23-19-49(24(2)22-50)37(52)30-7-6-9-32(47-35(51)17-26-15-27(38(41,42)43)18-28(16-26)39(44,45)46)36(30)54-34(23)21-48(3)20-25-11-13-29(14-12-25)53-33-10-5-4-8-31(33)40/h4-16,18,23-24,34,50H,17,19-22H2,1-3H3,(H,47,51)/t23-,24?,34-/m1/s1. The highest BCUT2D eigenvalue weighted by molar-refractivity contribution is 6.02. The van der Waals surface area contributed by atoms with Gasteiger partial charge in [-0.15, -0.1) is 0 Å². The summed E-state index contributed by atoms with van der Waals surface area (Å²) in [5, 5.41) is 12.5. The van der Waals surface area contributed by atoms with Crippen LogP contribution in [0.1, 0.15) is 46.5 Å². The van der Waals surface area contributed by atoms with E-state index in [1.807, 2.05) is 31.0 Å². The van der Waals surface area contributed by atoms with Crippen molar-refractivity contribution in [1.29, 1.82) is 0 Å². The molecule has 1 heterocycles. The van der Waals surface area contributed by atoms with Crippen LogP contribution >= 0.6 is 0 Å². The summed E-state index contributed by atoms with van der Waals surface area (Å²) in [4.78, 5) is 30.5. The number of carbonyl (C=O) groups is 2. The number of halogens is 7. The van der Waals surface area contributed by atoms with E-state index in [2.05, 4.69) is 5.32 Å². The van der Waals surface area contributed by atoms with Gasteiger partial charge in [-0.05, 0) is 79.7 Å². The molecule has 4 aromatic carbocycles. The number of hydrogen-bond acceptors (Lipinski definition) is 6. The van der Waals surface area contributed by atoms with E-state index in [-0.39, 0.29) is 47.9 Å². The Kier molecular flexibility index (Phi) is 12.2. The molecular weight excluding hydrogens is 723 g/mol. The van der Waals surface area contributed by atoms with E-state index in [1.54, 1.807) is 31.2 Å². The molecule has 15 heteroatoms. The molecule has 0 aromatic heterocycles. The summed E-state index contributed by atoms with van der Waals surface area (Å²) in [5.74, 6) is -1.79. The highest BCUT2D eigenvalue weighted by Gasteiger charge is 2.38. The van der Waals surface area contributed by atoms with Crippen LogP contribution in [0, 0.1) is 11.7 Å². The second kappa shape index (κ2) is 16.5. The lowest BCUT2D eigenvalue weighted by Gasteiger charge is -2.38. The molecule has 2 amide bonds. The molecule has 1 unspecified atom stereocenters. The largest absolute Gasteiger partial charge is 0.486 e. The van der Waals surface area contributed by atoms with E-state index < -0.39 is 65.2 Å². The topological polar surface area (TPSA) is 91.3 Å². The Morgan fingerprint density at radius 3 is 2.22 bits per heavy atom. The maximum Gasteiger partial charge on any atom is 0.416 e. The number of amides is 2. The molecule has 0 aliphatic carbocycles. The summed E-state index contributed by atoms with van der Waals surface area (Å²) >= 11 is 0. The molecule has 0 bridgehead atoms. The van der Waals surface area contributed by atoms with Crippen LogP contribution in [-0.4, -0.2) is 65.6 Å². The van der Waals surface area contributed by atoms with Crippen LogP contribution in [0.15, 0.2) is 84.9 Å².